The second kappa shape index (κ2) is 5.83. The first-order valence-corrected chi connectivity index (χ1v) is 7.16. The Labute approximate surface area is 126 Å². The molecule has 6 nitrogen and oxygen atoms in total. The highest BCUT2D eigenvalue weighted by Gasteiger charge is 2.24. The van der Waals surface area contributed by atoms with Crippen molar-refractivity contribution in [1.82, 2.24) is 15.5 Å². The van der Waals surface area contributed by atoms with Crippen LogP contribution in [0, 0.1) is 6.92 Å². The molecule has 7 heteroatoms. The van der Waals surface area contributed by atoms with Crippen LogP contribution in [-0.4, -0.2) is 22.6 Å². The molecule has 21 heavy (non-hydrogen) atoms. The number of hydrogen-bond donors (Lipinski definition) is 2. The Bertz CT molecular complexity index is 665. The largest absolute Gasteiger partial charge is 0.337 e. The molecule has 0 saturated carbocycles. The van der Waals surface area contributed by atoms with Gasteiger partial charge in [-0.15, -0.1) is 0 Å². The Kier molecular flexibility index (Phi) is 3.90. The monoisotopic (exact) mass is 306 g/mol. The van der Waals surface area contributed by atoms with E-state index in [1.807, 2.05) is 13.0 Å². The first-order chi connectivity index (χ1) is 10.1. The summed E-state index contributed by atoms with van der Waals surface area (Å²) in [5.74, 6) is 0.0248. The second-order valence-electron chi connectivity index (χ2n) is 5.04. The number of anilines is 1. The minimum Gasteiger partial charge on any atom is -0.337 e. The summed E-state index contributed by atoms with van der Waals surface area (Å²) >= 11 is 6.08. The summed E-state index contributed by atoms with van der Waals surface area (Å²) in [6.07, 6.45) is 2.00. The Balaban J connectivity index is 1.73. The Morgan fingerprint density at radius 3 is 3.10 bits per heavy atom. The minimum absolute atomic E-state index is 0.00958. The maximum absolute atomic E-state index is 12.1. The van der Waals surface area contributed by atoms with Gasteiger partial charge in [0, 0.05) is 0 Å². The molecule has 1 aromatic carbocycles. The molecular weight excluding hydrogens is 292 g/mol. The van der Waals surface area contributed by atoms with E-state index in [4.69, 9.17) is 16.1 Å². The Morgan fingerprint density at radius 1 is 1.52 bits per heavy atom. The van der Waals surface area contributed by atoms with Crippen LogP contribution in [0.5, 0.6) is 0 Å². The summed E-state index contributed by atoms with van der Waals surface area (Å²) in [4.78, 5) is 16.2. The molecule has 2 N–H and O–H groups in total. The van der Waals surface area contributed by atoms with Crippen molar-refractivity contribution in [2.75, 3.05) is 11.9 Å². The zero-order valence-corrected chi connectivity index (χ0v) is 12.3. The van der Waals surface area contributed by atoms with Gasteiger partial charge in [0.05, 0.1) is 16.8 Å². The zero-order valence-electron chi connectivity index (χ0n) is 11.5. The van der Waals surface area contributed by atoms with E-state index in [-0.39, 0.29) is 11.9 Å². The number of amides is 1. The van der Waals surface area contributed by atoms with Crippen molar-refractivity contribution >= 4 is 23.2 Å². The molecule has 1 aliphatic heterocycles. The number of rotatable bonds is 3. The van der Waals surface area contributed by atoms with Crippen molar-refractivity contribution in [3.63, 3.8) is 0 Å². The highest BCUT2D eigenvalue weighted by atomic mass is 35.5. The standard InChI is InChI=1S/C14H15ClN4O2/c1-8-4-5-10(9(15)7-8)17-13(20)12-18-14(21-19-12)11-3-2-6-16-11/h4-5,7,11,16H,2-3,6H2,1H3,(H,17,20). The van der Waals surface area contributed by atoms with Crippen molar-refractivity contribution in [2.45, 2.75) is 25.8 Å². The number of aryl methyl sites for hydroxylation is 1. The van der Waals surface area contributed by atoms with Gasteiger partial charge in [0.1, 0.15) is 0 Å². The third kappa shape index (κ3) is 3.06. The lowest BCUT2D eigenvalue weighted by molar-refractivity contribution is 0.101. The molecule has 110 valence electrons. The lowest BCUT2D eigenvalue weighted by Gasteiger charge is -2.05. The SMILES string of the molecule is Cc1ccc(NC(=O)c2noc(C3CCCN3)n2)c(Cl)c1. The van der Waals surface area contributed by atoms with Gasteiger partial charge in [0.15, 0.2) is 0 Å². The molecule has 2 heterocycles. The number of aromatic nitrogens is 2. The molecule has 2 aromatic rings. The third-order valence-corrected chi connectivity index (χ3v) is 3.69. The smallest absolute Gasteiger partial charge is 0.297 e. The molecule has 3 rings (SSSR count). The number of nitrogens with one attached hydrogen (secondary N) is 2. The molecule has 1 unspecified atom stereocenters. The number of halogens is 1. The van der Waals surface area contributed by atoms with Crippen molar-refractivity contribution in [3.8, 4) is 0 Å². The van der Waals surface area contributed by atoms with Gasteiger partial charge in [0.2, 0.25) is 5.89 Å². The lowest BCUT2D eigenvalue weighted by atomic mass is 10.2. The van der Waals surface area contributed by atoms with Gasteiger partial charge in [-0.05, 0) is 44.0 Å². The van der Waals surface area contributed by atoms with Crippen LogP contribution < -0.4 is 10.6 Å². The second-order valence-corrected chi connectivity index (χ2v) is 5.45. The summed E-state index contributed by atoms with van der Waals surface area (Å²) in [6, 6.07) is 5.43. The molecule has 0 radical (unpaired) electrons. The average molecular weight is 307 g/mol. The number of nitrogens with zero attached hydrogens (tertiary/aromatic N) is 2. The average Bonchev–Trinajstić information content (AvgIpc) is 3.10. The van der Waals surface area contributed by atoms with Crippen molar-refractivity contribution in [1.29, 1.82) is 0 Å². The van der Waals surface area contributed by atoms with Gasteiger partial charge in [-0.3, -0.25) is 4.79 Å². The van der Waals surface area contributed by atoms with Gasteiger partial charge in [-0.2, -0.15) is 4.98 Å². The van der Waals surface area contributed by atoms with Crippen LogP contribution in [0.4, 0.5) is 5.69 Å². The van der Waals surface area contributed by atoms with Crippen LogP contribution in [0.2, 0.25) is 5.02 Å². The quantitative estimate of drug-likeness (QED) is 0.911. The van der Waals surface area contributed by atoms with Crippen LogP contribution in [0.1, 0.15) is 41.0 Å². The fourth-order valence-electron chi connectivity index (χ4n) is 2.26. The molecular formula is C14H15ClN4O2. The van der Waals surface area contributed by atoms with Gasteiger partial charge in [-0.25, -0.2) is 0 Å². The number of carbonyl (C=O) groups excluding carboxylic acids is 1. The van der Waals surface area contributed by atoms with E-state index in [1.54, 1.807) is 12.1 Å². The van der Waals surface area contributed by atoms with Crippen LogP contribution >= 0.6 is 11.6 Å². The summed E-state index contributed by atoms with van der Waals surface area (Å²) < 4.78 is 5.14. The molecule has 1 fully saturated rings. The van der Waals surface area contributed by atoms with Crippen LogP contribution in [0.3, 0.4) is 0 Å². The molecule has 0 bridgehead atoms. The highest BCUT2D eigenvalue weighted by Crippen LogP contribution is 2.24. The first kappa shape index (κ1) is 14.0. The Hall–Kier alpha value is -1.92. The maximum Gasteiger partial charge on any atom is 0.297 e. The fraction of sp³-hybridized carbons (Fsp3) is 0.357. The van der Waals surface area contributed by atoms with E-state index in [0.29, 0.717) is 16.6 Å². The normalized spacial score (nSPS) is 17.9. The lowest BCUT2D eigenvalue weighted by Crippen LogP contribution is -2.16. The van der Waals surface area contributed by atoms with Gasteiger partial charge >= 0.3 is 0 Å². The highest BCUT2D eigenvalue weighted by molar-refractivity contribution is 6.33. The van der Waals surface area contributed by atoms with Crippen molar-refractivity contribution in [2.24, 2.45) is 0 Å². The predicted octanol–water partition coefficient (Wildman–Crippen LogP) is 2.71. The van der Waals surface area contributed by atoms with Crippen LogP contribution in [-0.2, 0) is 0 Å². The summed E-state index contributed by atoms with van der Waals surface area (Å²) in [5, 5.41) is 10.1. The van der Waals surface area contributed by atoms with Gasteiger partial charge in [0.25, 0.3) is 11.7 Å². The topological polar surface area (TPSA) is 80.0 Å². The van der Waals surface area contributed by atoms with Gasteiger partial charge < -0.3 is 15.2 Å². The van der Waals surface area contributed by atoms with E-state index in [1.165, 1.54) is 0 Å². The van der Waals surface area contributed by atoms with E-state index in [2.05, 4.69) is 20.8 Å². The van der Waals surface area contributed by atoms with Crippen LogP contribution in [0.15, 0.2) is 22.7 Å². The zero-order chi connectivity index (χ0) is 14.8. The molecule has 0 aliphatic carbocycles. The molecule has 1 saturated heterocycles. The summed E-state index contributed by atoms with van der Waals surface area (Å²) in [6.45, 7) is 2.85. The van der Waals surface area contributed by atoms with Crippen LogP contribution in [0.25, 0.3) is 0 Å². The maximum atomic E-state index is 12.1. The summed E-state index contributed by atoms with van der Waals surface area (Å²) in [7, 11) is 0. The molecule has 1 aromatic heterocycles. The number of carbonyl (C=O) groups is 1. The number of hydrogen-bond acceptors (Lipinski definition) is 5. The van der Waals surface area contributed by atoms with Crippen molar-refractivity contribution in [3.05, 3.63) is 40.5 Å². The van der Waals surface area contributed by atoms with E-state index in [0.717, 1.165) is 24.9 Å². The molecule has 1 amide bonds. The van der Waals surface area contributed by atoms with Gasteiger partial charge in [-0.1, -0.05) is 22.8 Å². The minimum atomic E-state index is -0.436. The molecule has 1 atom stereocenters. The predicted molar refractivity (Wildman–Crippen MR) is 78.4 cm³/mol. The first-order valence-electron chi connectivity index (χ1n) is 6.78. The third-order valence-electron chi connectivity index (χ3n) is 3.38. The number of benzene rings is 1. The molecule has 1 aliphatic rings. The van der Waals surface area contributed by atoms with E-state index >= 15 is 0 Å². The van der Waals surface area contributed by atoms with E-state index < -0.39 is 5.91 Å². The summed E-state index contributed by atoms with van der Waals surface area (Å²) in [5.41, 5.74) is 1.55. The van der Waals surface area contributed by atoms with Crippen molar-refractivity contribution < 1.29 is 9.32 Å². The van der Waals surface area contributed by atoms with E-state index in [9.17, 15) is 4.79 Å². The fourth-order valence-corrected chi connectivity index (χ4v) is 2.55. The molecule has 0 spiro atoms. The Morgan fingerprint density at radius 2 is 2.38 bits per heavy atom.